The van der Waals surface area contributed by atoms with Gasteiger partial charge < -0.3 is 10.2 Å². The molecule has 2 aromatic rings. The van der Waals surface area contributed by atoms with Crippen LogP contribution in [0.4, 0.5) is 5.69 Å². The molecular weight excluding hydrogens is 473 g/mol. The van der Waals surface area contributed by atoms with Crippen molar-refractivity contribution in [3.05, 3.63) is 63.6 Å². The number of aryl methyl sites for hydroxylation is 1. The van der Waals surface area contributed by atoms with Gasteiger partial charge in [0, 0.05) is 23.1 Å². The van der Waals surface area contributed by atoms with Crippen LogP contribution in [0.3, 0.4) is 0 Å². The number of nitrogens with one attached hydrogen (secondary N) is 1. The molecular formula is C22H27Cl2N3O4S. The van der Waals surface area contributed by atoms with E-state index >= 15 is 0 Å². The maximum absolute atomic E-state index is 13.4. The summed E-state index contributed by atoms with van der Waals surface area (Å²) in [6, 6.07) is 10.9. The van der Waals surface area contributed by atoms with Gasteiger partial charge in [0.05, 0.1) is 11.9 Å². The fourth-order valence-corrected chi connectivity index (χ4v) is 4.33. The standard InChI is InChI=1S/C22H27Cl2N3O4S/c1-5-25-22(29)16(3)26(13-17-7-10-18(23)11-8-17)21(28)14-27(32(4,30)31)20-12-19(24)9-6-15(20)2/h6-12,16H,5,13-14H2,1-4H3,(H,25,29). The molecule has 1 unspecified atom stereocenters. The number of amides is 2. The van der Waals surface area contributed by atoms with E-state index in [4.69, 9.17) is 23.2 Å². The second-order valence-electron chi connectivity index (χ2n) is 7.42. The first kappa shape index (κ1) is 26.0. The molecule has 0 aliphatic heterocycles. The first-order chi connectivity index (χ1) is 14.9. The molecule has 1 atom stereocenters. The van der Waals surface area contributed by atoms with E-state index in [0.717, 1.165) is 16.1 Å². The smallest absolute Gasteiger partial charge is 0.244 e. The molecule has 2 rings (SSSR count). The molecule has 2 aromatic carbocycles. The molecule has 0 saturated carbocycles. The number of anilines is 1. The van der Waals surface area contributed by atoms with E-state index in [-0.39, 0.29) is 12.5 Å². The van der Waals surface area contributed by atoms with Crippen LogP contribution in [0, 0.1) is 6.92 Å². The van der Waals surface area contributed by atoms with Crippen LogP contribution in [0.1, 0.15) is 25.0 Å². The molecule has 10 heteroatoms. The minimum Gasteiger partial charge on any atom is -0.355 e. The first-order valence-electron chi connectivity index (χ1n) is 9.99. The van der Waals surface area contributed by atoms with Crippen molar-refractivity contribution in [3.8, 4) is 0 Å². The number of nitrogens with zero attached hydrogens (tertiary/aromatic N) is 2. The molecule has 0 saturated heterocycles. The summed E-state index contributed by atoms with van der Waals surface area (Å²) < 4.78 is 26.2. The van der Waals surface area contributed by atoms with Crippen molar-refractivity contribution >= 4 is 50.7 Å². The van der Waals surface area contributed by atoms with Gasteiger partial charge in [-0.3, -0.25) is 13.9 Å². The van der Waals surface area contributed by atoms with Crippen LogP contribution in [0.25, 0.3) is 0 Å². The van der Waals surface area contributed by atoms with E-state index in [2.05, 4.69) is 5.32 Å². The summed E-state index contributed by atoms with van der Waals surface area (Å²) in [6.07, 6.45) is 1.03. The Labute approximate surface area is 199 Å². The van der Waals surface area contributed by atoms with Crippen molar-refractivity contribution in [2.45, 2.75) is 33.4 Å². The number of likely N-dealkylation sites (N-methyl/N-ethyl adjacent to an activating group) is 1. The van der Waals surface area contributed by atoms with E-state index in [1.54, 1.807) is 57.2 Å². The Morgan fingerprint density at radius 2 is 1.66 bits per heavy atom. The number of halogens is 2. The summed E-state index contributed by atoms with van der Waals surface area (Å²) in [5.74, 6) is -0.858. The number of sulfonamides is 1. The van der Waals surface area contributed by atoms with Crippen molar-refractivity contribution in [2.75, 3.05) is 23.7 Å². The first-order valence-corrected chi connectivity index (χ1v) is 12.6. The maximum Gasteiger partial charge on any atom is 0.244 e. The molecule has 0 aromatic heterocycles. The second-order valence-corrected chi connectivity index (χ2v) is 10.2. The number of carbonyl (C=O) groups is 2. The van der Waals surface area contributed by atoms with Gasteiger partial charge in [-0.1, -0.05) is 41.4 Å². The monoisotopic (exact) mass is 499 g/mol. The largest absolute Gasteiger partial charge is 0.355 e. The molecule has 0 spiro atoms. The fraction of sp³-hybridized carbons (Fsp3) is 0.364. The van der Waals surface area contributed by atoms with Crippen molar-refractivity contribution in [1.29, 1.82) is 0 Å². The Balaban J connectivity index is 2.42. The average molecular weight is 500 g/mol. The van der Waals surface area contributed by atoms with Crippen molar-refractivity contribution in [1.82, 2.24) is 10.2 Å². The summed E-state index contributed by atoms with van der Waals surface area (Å²) in [5.41, 5.74) is 1.71. The molecule has 0 heterocycles. The van der Waals surface area contributed by atoms with Gasteiger partial charge in [0.1, 0.15) is 12.6 Å². The predicted octanol–water partition coefficient (Wildman–Crippen LogP) is 3.62. The molecule has 32 heavy (non-hydrogen) atoms. The van der Waals surface area contributed by atoms with Gasteiger partial charge >= 0.3 is 0 Å². The van der Waals surface area contributed by atoms with Crippen molar-refractivity contribution < 1.29 is 18.0 Å². The highest BCUT2D eigenvalue weighted by Gasteiger charge is 2.30. The third kappa shape index (κ3) is 6.85. The highest BCUT2D eigenvalue weighted by Crippen LogP contribution is 2.26. The Hall–Kier alpha value is -2.29. The zero-order valence-corrected chi connectivity index (χ0v) is 20.8. The van der Waals surface area contributed by atoms with Crippen LogP contribution >= 0.6 is 23.2 Å². The molecule has 0 bridgehead atoms. The van der Waals surface area contributed by atoms with Gasteiger partial charge in [-0.05, 0) is 56.2 Å². The quantitative estimate of drug-likeness (QED) is 0.570. The Bertz CT molecular complexity index is 1080. The molecule has 7 nitrogen and oxygen atoms in total. The van der Waals surface area contributed by atoms with Crippen LogP contribution < -0.4 is 9.62 Å². The number of hydrogen-bond acceptors (Lipinski definition) is 4. The molecule has 0 aliphatic rings. The number of rotatable bonds is 9. The third-order valence-electron chi connectivity index (χ3n) is 4.90. The predicted molar refractivity (Wildman–Crippen MR) is 129 cm³/mol. The zero-order valence-electron chi connectivity index (χ0n) is 18.4. The lowest BCUT2D eigenvalue weighted by molar-refractivity contribution is -0.139. The van der Waals surface area contributed by atoms with Crippen molar-refractivity contribution in [3.63, 3.8) is 0 Å². The Morgan fingerprint density at radius 3 is 2.22 bits per heavy atom. The summed E-state index contributed by atoms with van der Waals surface area (Å²) in [7, 11) is -3.81. The molecule has 1 N–H and O–H groups in total. The molecule has 0 radical (unpaired) electrons. The normalized spacial score (nSPS) is 12.2. The van der Waals surface area contributed by atoms with E-state index < -0.39 is 28.5 Å². The second kappa shape index (κ2) is 11.0. The lowest BCUT2D eigenvalue weighted by Gasteiger charge is -2.32. The Morgan fingerprint density at radius 1 is 1.06 bits per heavy atom. The van der Waals surface area contributed by atoms with E-state index in [1.807, 2.05) is 0 Å². The minimum absolute atomic E-state index is 0.112. The van der Waals surface area contributed by atoms with Gasteiger partial charge in [0.15, 0.2) is 0 Å². The van der Waals surface area contributed by atoms with E-state index in [0.29, 0.717) is 27.8 Å². The highest BCUT2D eigenvalue weighted by molar-refractivity contribution is 7.92. The Kier molecular flexibility index (Phi) is 8.95. The van der Waals surface area contributed by atoms with Crippen LogP contribution in [0.15, 0.2) is 42.5 Å². The lowest BCUT2D eigenvalue weighted by atomic mass is 10.1. The van der Waals surface area contributed by atoms with Crippen LogP contribution in [-0.4, -0.2) is 50.5 Å². The van der Waals surface area contributed by atoms with Gasteiger partial charge in [-0.15, -0.1) is 0 Å². The summed E-state index contributed by atoms with van der Waals surface area (Å²) in [6.45, 7) is 5.16. The van der Waals surface area contributed by atoms with Gasteiger partial charge in [0.2, 0.25) is 21.8 Å². The highest BCUT2D eigenvalue weighted by atomic mass is 35.5. The van der Waals surface area contributed by atoms with Crippen LogP contribution in [0.5, 0.6) is 0 Å². The summed E-state index contributed by atoms with van der Waals surface area (Å²) >= 11 is 12.0. The fourth-order valence-electron chi connectivity index (χ4n) is 3.14. The maximum atomic E-state index is 13.4. The molecule has 0 aliphatic carbocycles. The third-order valence-corrected chi connectivity index (χ3v) is 6.52. The molecule has 2 amide bonds. The lowest BCUT2D eigenvalue weighted by Crippen LogP contribution is -2.51. The van der Waals surface area contributed by atoms with E-state index in [1.165, 1.54) is 11.0 Å². The number of benzene rings is 2. The number of hydrogen-bond donors (Lipinski definition) is 1. The van der Waals surface area contributed by atoms with Crippen LogP contribution in [-0.2, 0) is 26.2 Å². The summed E-state index contributed by atoms with van der Waals surface area (Å²) in [4.78, 5) is 27.2. The molecule has 174 valence electrons. The minimum atomic E-state index is -3.81. The summed E-state index contributed by atoms with van der Waals surface area (Å²) in [5, 5.41) is 3.60. The van der Waals surface area contributed by atoms with E-state index in [9.17, 15) is 18.0 Å². The topological polar surface area (TPSA) is 86.8 Å². The van der Waals surface area contributed by atoms with Gasteiger partial charge in [-0.25, -0.2) is 8.42 Å². The van der Waals surface area contributed by atoms with Crippen molar-refractivity contribution in [2.24, 2.45) is 0 Å². The average Bonchev–Trinajstić information content (AvgIpc) is 2.72. The van der Waals surface area contributed by atoms with Crippen LogP contribution in [0.2, 0.25) is 10.0 Å². The molecule has 0 fully saturated rings. The number of carbonyl (C=O) groups excluding carboxylic acids is 2. The zero-order chi connectivity index (χ0) is 24.1. The van der Waals surface area contributed by atoms with Gasteiger partial charge in [0.25, 0.3) is 0 Å². The van der Waals surface area contributed by atoms with Gasteiger partial charge in [-0.2, -0.15) is 0 Å². The SMILES string of the molecule is CCNC(=O)C(C)N(Cc1ccc(Cl)cc1)C(=O)CN(c1cc(Cl)ccc1C)S(C)(=O)=O.